The molecular formula is C27H31N3O7S. The summed E-state index contributed by atoms with van der Waals surface area (Å²) in [6, 6.07) is 12.7. The van der Waals surface area contributed by atoms with E-state index < -0.39 is 27.8 Å². The van der Waals surface area contributed by atoms with E-state index in [1.807, 2.05) is 6.07 Å². The zero-order valence-electron chi connectivity index (χ0n) is 21.6. The lowest BCUT2D eigenvalue weighted by Crippen LogP contribution is -2.45. The number of carbonyl (C=O) groups excluding carboxylic acids is 2. The smallest absolute Gasteiger partial charge is 0.408 e. The summed E-state index contributed by atoms with van der Waals surface area (Å²) in [6.45, 7) is 7.04. The van der Waals surface area contributed by atoms with Crippen molar-refractivity contribution in [2.24, 2.45) is 0 Å². The van der Waals surface area contributed by atoms with Crippen molar-refractivity contribution in [2.45, 2.75) is 37.3 Å². The number of fused-ring (bicyclic) bond motifs is 1. The average molecular weight is 542 g/mol. The van der Waals surface area contributed by atoms with Crippen molar-refractivity contribution >= 4 is 22.0 Å². The molecule has 0 bridgehead atoms. The fraction of sp³-hybridized carbons (Fsp3) is 0.407. The Kier molecular flexibility index (Phi) is 6.83. The van der Waals surface area contributed by atoms with Crippen LogP contribution >= 0.6 is 0 Å². The molecule has 3 aliphatic rings. The molecule has 0 saturated carbocycles. The Morgan fingerprint density at radius 3 is 2.18 bits per heavy atom. The van der Waals surface area contributed by atoms with E-state index >= 15 is 0 Å². The van der Waals surface area contributed by atoms with Crippen LogP contribution in [0.2, 0.25) is 0 Å². The van der Waals surface area contributed by atoms with E-state index in [4.69, 9.17) is 14.2 Å². The largest absolute Gasteiger partial charge is 0.486 e. The van der Waals surface area contributed by atoms with Gasteiger partial charge in [-0.15, -0.1) is 0 Å². The number of nitrogens with zero attached hydrogens (tertiary/aromatic N) is 2. The van der Waals surface area contributed by atoms with Gasteiger partial charge in [0, 0.05) is 32.2 Å². The van der Waals surface area contributed by atoms with Crippen LogP contribution in [-0.4, -0.2) is 74.6 Å². The molecule has 0 aliphatic carbocycles. The fourth-order valence-electron chi connectivity index (χ4n) is 4.75. The first-order valence-electron chi connectivity index (χ1n) is 12.4. The lowest BCUT2D eigenvalue weighted by Gasteiger charge is -2.28. The van der Waals surface area contributed by atoms with Gasteiger partial charge in [-0.05, 0) is 49.6 Å². The average Bonchev–Trinajstić information content (AvgIpc) is 3.46. The minimum atomic E-state index is -3.77. The highest BCUT2D eigenvalue weighted by atomic mass is 32.2. The number of nitrogens with one attached hydrogen (secondary N) is 1. The lowest BCUT2D eigenvalue weighted by molar-refractivity contribution is -0.132. The zero-order valence-corrected chi connectivity index (χ0v) is 22.4. The Morgan fingerprint density at radius 1 is 0.921 bits per heavy atom. The van der Waals surface area contributed by atoms with Crippen LogP contribution in [0.1, 0.15) is 32.4 Å². The van der Waals surface area contributed by atoms with E-state index in [-0.39, 0.29) is 23.9 Å². The van der Waals surface area contributed by atoms with E-state index in [0.29, 0.717) is 43.4 Å². The van der Waals surface area contributed by atoms with E-state index in [1.54, 1.807) is 56.0 Å². The molecule has 3 heterocycles. The Labute approximate surface area is 222 Å². The van der Waals surface area contributed by atoms with Gasteiger partial charge in [0.1, 0.15) is 24.9 Å². The maximum absolute atomic E-state index is 13.6. The van der Waals surface area contributed by atoms with Crippen molar-refractivity contribution in [1.82, 2.24) is 14.5 Å². The number of carbonyl (C=O) groups is 2. The number of hydrogen-bond donors (Lipinski definition) is 1. The number of alkyl carbamates (subject to hydrolysis) is 1. The second kappa shape index (κ2) is 9.95. The van der Waals surface area contributed by atoms with Gasteiger partial charge in [0.05, 0.1) is 4.90 Å². The van der Waals surface area contributed by atoms with Crippen molar-refractivity contribution in [3.8, 4) is 11.5 Å². The molecule has 38 heavy (non-hydrogen) atoms. The molecule has 1 N–H and O–H groups in total. The molecule has 0 aromatic heterocycles. The van der Waals surface area contributed by atoms with Gasteiger partial charge in [-0.25, -0.2) is 13.2 Å². The van der Waals surface area contributed by atoms with E-state index in [9.17, 15) is 18.0 Å². The van der Waals surface area contributed by atoms with Crippen LogP contribution in [0.3, 0.4) is 0 Å². The molecule has 1 atom stereocenters. The Hall–Kier alpha value is -3.57. The summed E-state index contributed by atoms with van der Waals surface area (Å²) in [7, 11) is -3.77. The summed E-state index contributed by atoms with van der Waals surface area (Å²) < 4.78 is 44.6. The predicted octanol–water partition coefficient (Wildman–Crippen LogP) is 2.87. The Balaban J connectivity index is 1.27. The van der Waals surface area contributed by atoms with Crippen LogP contribution in [0, 0.1) is 0 Å². The summed E-state index contributed by atoms with van der Waals surface area (Å²) >= 11 is 0. The topological polar surface area (TPSA) is 114 Å². The standard InChI is InChI=1S/C27H31N3O7S/c1-27(2,3)37-26(32)28-24(18-7-5-4-6-8-18)25(31)29-14-19-16-30(17-20(19)15-29)38(33,34)21-9-10-22-23(13-21)36-12-11-35-22/h4-10,13,24H,11-12,14-17H2,1-3H3,(H,28,32)/t24-/m0/s1. The van der Waals surface area contributed by atoms with Crippen LogP contribution in [0.4, 0.5) is 4.79 Å². The molecule has 11 heteroatoms. The summed E-state index contributed by atoms with van der Waals surface area (Å²) in [5.41, 5.74) is 1.71. The van der Waals surface area contributed by atoms with Gasteiger partial charge >= 0.3 is 6.09 Å². The minimum absolute atomic E-state index is 0.140. The second-order valence-corrected chi connectivity index (χ2v) is 12.4. The molecule has 0 spiro atoms. The number of sulfonamides is 1. The monoisotopic (exact) mass is 541 g/mol. The number of ether oxygens (including phenoxy) is 3. The third-order valence-electron chi connectivity index (χ3n) is 6.50. The highest BCUT2D eigenvalue weighted by Gasteiger charge is 2.40. The van der Waals surface area contributed by atoms with Gasteiger partial charge in [0.2, 0.25) is 10.0 Å². The van der Waals surface area contributed by atoms with E-state index in [1.165, 1.54) is 16.4 Å². The van der Waals surface area contributed by atoms with Crippen LogP contribution in [0.25, 0.3) is 0 Å². The Morgan fingerprint density at radius 2 is 1.55 bits per heavy atom. The summed E-state index contributed by atoms with van der Waals surface area (Å²) in [5, 5.41) is 2.71. The number of hydrogen-bond acceptors (Lipinski definition) is 7. The summed E-state index contributed by atoms with van der Waals surface area (Å²) in [6.07, 6.45) is -0.684. The second-order valence-electron chi connectivity index (χ2n) is 10.5. The summed E-state index contributed by atoms with van der Waals surface area (Å²) in [5.74, 6) is 0.662. The van der Waals surface area contributed by atoms with Gasteiger partial charge < -0.3 is 24.4 Å². The maximum Gasteiger partial charge on any atom is 0.408 e. The number of amides is 2. The molecule has 5 rings (SSSR count). The molecule has 2 aromatic rings. The van der Waals surface area contributed by atoms with Gasteiger partial charge in [-0.1, -0.05) is 30.3 Å². The third kappa shape index (κ3) is 5.34. The molecule has 202 valence electrons. The number of rotatable bonds is 5. The van der Waals surface area contributed by atoms with Crippen molar-refractivity contribution < 1.29 is 32.2 Å². The molecule has 2 aromatic carbocycles. The van der Waals surface area contributed by atoms with Crippen LogP contribution in [0.15, 0.2) is 64.6 Å². The van der Waals surface area contributed by atoms with Crippen molar-refractivity contribution in [3.05, 3.63) is 65.2 Å². The molecule has 0 unspecified atom stereocenters. The van der Waals surface area contributed by atoms with Crippen molar-refractivity contribution in [1.29, 1.82) is 0 Å². The molecular weight excluding hydrogens is 510 g/mol. The number of benzene rings is 2. The van der Waals surface area contributed by atoms with Crippen molar-refractivity contribution in [3.63, 3.8) is 0 Å². The Bertz CT molecular complexity index is 1370. The van der Waals surface area contributed by atoms with Gasteiger partial charge in [-0.3, -0.25) is 4.79 Å². The SMILES string of the molecule is CC(C)(C)OC(=O)N[C@H](C(=O)N1CC2=C(C1)CN(S(=O)(=O)c1ccc3c(c1)OCCO3)C2)c1ccccc1. The molecule has 10 nitrogen and oxygen atoms in total. The van der Waals surface area contributed by atoms with Gasteiger partial charge in [-0.2, -0.15) is 4.31 Å². The molecule has 2 amide bonds. The van der Waals surface area contributed by atoms with Gasteiger partial charge in [0.25, 0.3) is 5.91 Å². The minimum Gasteiger partial charge on any atom is -0.486 e. The fourth-order valence-corrected chi connectivity index (χ4v) is 6.19. The van der Waals surface area contributed by atoms with Gasteiger partial charge in [0.15, 0.2) is 11.5 Å². The maximum atomic E-state index is 13.6. The predicted molar refractivity (Wildman–Crippen MR) is 138 cm³/mol. The molecule has 3 aliphatic heterocycles. The first-order valence-corrected chi connectivity index (χ1v) is 13.9. The molecule has 0 saturated heterocycles. The third-order valence-corrected chi connectivity index (χ3v) is 8.29. The normalized spacial score (nSPS) is 18.2. The highest BCUT2D eigenvalue weighted by molar-refractivity contribution is 7.89. The van der Waals surface area contributed by atoms with E-state index in [2.05, 4.69) is 5.32 Å². The van der Waals surface area contributed by atoms with Crippen LogP contribution in [0.5, 0.6) is 11.5 Å². The molecule has 0 fully saturated rings. The summed E-state index contributed by atoms with van der Waals surface area (Å²) in [4.78, 5) is 27.9. The first-order chi connectivity index (χ1) is 18.0. The lowest BCUT2D eigenvalue weighted by atomic mass is 10.1. The molecule has 0 radical (unpaired) electrons. The van der Waals surface area contributed by atoms with Crippen LogP contribution in [-0.2, 0) is 19.6 Å². The quantitative estimate of drug-likeness (QED) is 0.579. The van der Waals surface area contributed by atoms with Crippen LogP contribution < -0.4 is 14.8 Å². The van der Waals surface area contributed by atoms with E-state index in [0.717, 1.165) is 11.1 Å². The van der Waals surface area contributed by atoms with Crippen molar-refractivity contribution in [2.75, 3.05) is 39.4 Å². The first kappa shape index (κ1) is 26.1. The zero-order chi connectivity index (χ0) is 27.1. The highest BCUT2D eigenvalue weighted by Crippen LogP contribution is 2.36.